The first kappa shape index (κ1) is 15.3. The Morgan fingerprint density at radius 3 is 2.59 bits per heavy atom. The quantitative estimate of drug-likeness (QED) is 0.489. The molecule has 1 aromatic carbocycles. The highest BCUT2D eigenvalue weighted by molar-refractivity contribution is 5.15. The SMILES string of the molecule is CC1(C)OCC2(CO1)CN(Cc1ccccc1)CC2N=[N+]=[N-]. The van der Waals surface area contributed by atoms with Crippen molar-refractivity contribution in [3.05, 3.63) is 46.3 Å². The van der Waals surface area contributed by atoms with Gasteiger partial charge in [0.25, 0.3) is 0 Å². The van der Waals surface area contributed by atoms with Crippen LogP contribution in [0.25, 0.3) is 10.4 Å². The summed E-state index contributed by atoms with van der Waals surface area (Å²) in [6.45, 7) is 7.37. The van der Waals surface area contributed by atoms with Gasteiger partial charge in [0.15, 0.2) is 5.79 Å². The minimum atomic E-state index is -0.557. The fourth-order valence-electron chi connectivity index (χ4n) is 3.24. The first-order valence-corrected chi connectivity index (χ1v) is 7.61. The molecule has 0 N–H and O–H groups in total. The summed E-state index contributed by atoms with van der Waals surface area (Å²) in [7, 11) is 0. The summed E-state index contributed by atoms with van der Waals surface area (Å²) in [6.07, 6.45) is 0. The molecule has 2 heterocycles. The largest absolute Gasteiger partial charge is 0.350 e. The van der Waals surface area contributed by atoms with E-state index in [1.54, 1.807) is 0 Å². The zero-order valence-corrected chi connectivity index (χ0v) is 13.1. The summed E-state index contributed by atoms with van der Waals surface area (Å²) < 4.78 is 11.7. The van der Waals surface area contributed by atoms with Gasteiger partial charge in [-0.3, -0.25) is 4.90 Å². The van der Waals surface area contributed by atoms with Crippen LogP contribution in [0.3, 0.4) is 0 Å². The van der Waals surface area contributed by atoms with Crippen LogP contribution >= 0.6 is 0 Å². The molecule has 0 bridgehead atoms. The molecule has 22 heavy (non-hydrogen) atoms. The van der Waals surface area contributed by atoms with Crippen LogP contribution in [0.4, 0.5) is 0 Å². The molecule has 0 saturated carbocycles. The molecule has 118 valence electrons. The fraction of sp³-hybridized carbons (Fsp3) is 0.625. The number of ether oxygens (including phenoxy) is 2. The van der Waals surface area contributed by atoms with Gasteiger partial charge in [0, 0.05) is 30.0 Å². The molecule has 3 rings (SSSR count). The molecule has 1 unspecified atom stereocenters. The molecular weight excluding hydrogens is 280 g/mol. The molecule has 1 atom stereocenters. The summed E-state index contributed by atoms with van der Waals surface area (Å²) >= 11 is 0. The molecule has 6 heteroatoms. The highest BCUT2D eigenvalue weighted by atomic mass is 16.7. The van der Waals surface area contributed by atoms with Gasteiger partial charge in [-0.1, -0.05) is 35.4 Å². The van der Waals surface area contributed by atoms with E-state index >= 15 is 0 Å². The van der Waals surface area contributed by atoms with Gasteiger partial charge in [-0.05, 0) is 24.9 Å². The summed E-state index contributed by atoms with van der Waals surface area (Å²) in [6, 6.07) is 10.2. The molecule has 0 aromatic heterocycles. The van der Waals surface area contributed by atoms with Crippen molar-refractivity contribution in [2.24, 2.45) is 10.5 Å². The third kappa shape index (κ3) is 3.10. The van der Waals surface area contributed by atoms with E-state index in [1.807, 2.05) is 32.0 Å². The second-order valence-electron chi connectivity index (χ2n) is 6.72. The van der Waals surface area contributed by atoms with E-state index in [4.69, 9.17) is 15.0 Å². The summed E-state index contributed by atoms with van der Waals surface area (Å²) in [5.41, 5.74) is 9.90. The number of hydrogen-bond acceptors (Lipinski definition) is 4. The normalized spacial score (nSPS) is 26.7. The lowest BCUT2D eigenvalue weighted by Gasteiger charge is -2.43. The van der Waals surface area contributed by atoms with Gasteiger partial charge in [-0.2, -0.15) is 0 Å². The van der Waals surface area contributed by atoms with Gasteiger partial charge in [0.05, 0.1) is 19.3 Å². The molecule has 6 nitrogen and oxygen atoms in total. The number of hydrogen-bond donors (Lipinski definition) is 0. The molecular formula is C16H22N4O2. The second kappa shape index (κ2) is 5.89. The van der Waals surface area contributed by atoms with E-state index in [9.17, 15) is 0 Å². The Bertz CT molecular complexity index is 559. The van der Waals surface area contributed by atoms with Crippen LogP contribution in [-0.2, 0) is 16.0 Å². The van der Waals surface area contributed by atoms with Crippen LogP contribution in [0.15, 0.2) is 35.4 Å². The molecule has 0 amide bonds. The maximum atomic E-state index is 8.88. The zero-order valence-electron chi connectivity index (χ0n) is 13.1. The first-order valence-electron chi connectivity index (χ1n) is 7.61. The highest BCUT2D eigenvalue weighted by Crippen LogP contribution is 2.40. The molecule has 2 aliphatic heterocycles. The van der Waals surface area contributed by atoms with Crippen molar-refractivity contribution in [2.45, 2.75) is 32.2 Å². The zero-order chi connectivity index (χ0) is 15.6. The summed E-state index contributed by atoms with van der Waals surface area (Å²) in [4.78, 5) is 5.35. The molecule has 2 fully saturated rings. The van der Waals surface area contributed by atoms with Crippen molar-refractivity contribution in [2.75, 3.05) is 26.3 Å². The average Bonchev–Trinajstić information content (AvgIpc) is 2.82. The van der Waals surface area contributed by atoms with Gasteiger partial charge < -0.3 is 9.47 Å². The fourth-order valence-corrected chi connectivity index (χ4v) is 3.24. The van der Waals surface area contributed by atoms with Crippen LogP contribution in [-0.4, -0.2) is 43.0 Å². The van der Waals surface area contributed by atoms with Crippen molar-refractivity contribution in [3.63, 3.8) is 0 Å². The first-order chi connectivity index (χ1) is 10.5. The van der Waals surface area contributed by atoms with Crippen molar-refractivity contribution >= 4 is 0 Å². The van der Waals surface area contributed by atoms with Crippen LogP contribution in [0.5, 0.6) is 0 Å². The number of nitrogens with zero attached hydrogens (tertiary/aromatic N) is 4. The third-order valence-electron chi connectivity index (χ3n) is 4.53. The summed E-state index contributed by atoms with van der Waals surface area (Å²) in [5, 5.41) is 4.02. The Morgan fingerprint density at radius 1 is 1.27 bits per heavy atom. The Morgan fingerprint density at radius 2 is 1.95 bits per heavy atom. The Balaban J connectivity index is 1.74. The number of rotatable bonds is 3. The van der Waals surface area contributed by atoms with E-state index < -0.39 is 5.79 Å². The number of azide groups is 1. The lowest BCUT2D eigenvalue weighted by molar-refractivity contribution is -0.284. The Labute approximate surface area is 130 Å². The van der Waals surface area contributed by atoms with Crippen LogP contribution in [0.2, 0.25) is 0 Å². The molecule has 0 radical (unpaired) electrons. The van der Waals surface area contributed by atoms with E-state index in [0.29, 0.717) is 13.2 Å². The van der Waals surface area contributed by atoms with E-state index in [0.717, 1.165) is 19.6 Å². The van der Waals surface area contributed by atoms with Crippen LogP contribution in [0.1, 0.15) is 19.4 Å². The topological polar surface area (TPSA) is 70.5 Å². The minimum Gasteiger partial charge on any atom is -0.350 e. The molecule has 1 aromatic rings. The van der Waals surface area contributed by atoms with Crippen LogP contribution < -0.4 is 0 Å². The van der Waals surface area contributed by atoms with Crippen molar-refractivity contribution < 1.29 is 9.47 Å². The predicted molar refractivity (Wildman–Crippen MR) is 83.1 cm³/mol. The lowest BCUT2D eigenvalue weighted by atomic mass is 9.84. The van der Waals surface area contributed by atoms with Crippen LogP contribution in [0, 0.1) is 5.41 Å². The molecule has 0 aliphatic carbocycles. The van der Waals surface area contributed by atoms with E-state index in [1.165, 1.54) is 5.56 Å². The molecule has 1 spiro atoms. The Kier molecular flexibility index (Phi) is 4.10. The standard InChI is InChI=1S/C16H22N4O2/c1-15(2)21-11-16(12-22-15)10-20(9-14(16)18-19-17)8-13-6-4-3-5-7-13/h3-7,14H,8-12H2,1-2H3. The molecule has 2 aliphatic rings. The van der Waals surface area contributed by atoms with Gasteiger partial charge in [0.2, 0.25) is 0 Å². The summed E-state index contributed by atoms with van der Waals surface area (Å²) in [5.74, 6) is -0.557. The lowest BCUT2D eigenvalue weighted by Crippen LogP contribution is -2.51. The maximum absolute atomic E-state index is 8.88. The average molecular weight is 302 g/mol. The second-order valence-corrected chi connectivity index (χ2v) is 6.72. The van der Waals surface area contributed by atoms with Crippen molar-refractivity contribution in [3.8, 4) is 0 Å². The van der Waals surface area contributed by atoms with Crippen molar-refractivity contribution in [1.29, 1.82) is 0 Å². The van der Waals surface area contributed by atoms with Gasteiger partial charge in [-0.25, -0.2) is 0 Å². The monoisotopic (exact) mass is 302 g/mol. The molecule has 2 saturated heterocycles. The smallest absolute Gasteiger partial charge is 0.162 e. The maximum Gasteiger partial charge on any atom is 0.162 e. The third-order valence-corrected chi connectivity index (χ3v) is 4.53. The number of likely N-dealkylation sites (tertiary alicyclic amines) is 1. The minimum absolute atomic E-state index is 0.114. The number of benzene rings is 1. The van der Waals surface area contributed by atoms with Gasteiger partial charge >= 0.3 is 0 Å². The van der Waals surface area contributed by atoms with E-state index in [-0.39, 0.29) is 11.5 Å². The Hall–Kier alpha value is -1.59. The van der Waals surface area contributed by atoms with Gasteiger partial charge in [0.1, 0.15) is 0 Å². The highest BCUT2D eigenvalue weighted by Gasteiger charge is 2.50. The van der Waals surface area contributed by atoms with Crippen molar-refractivity contribution in [1.82, 2.24) is 4.90 Å². The van der Waals surface area contributed by atoms with Gasteiger partial charge in [-0.15, -0.1) is 0 Å². The predicted octanol–water partition coefficient (Wildman–Crippen LogP) is 2.95. The van der Waals surface area contributed by atoms with E-state index in [2.05, 4.69) is 27.1 Å².